The Labute approximate surface area is 74.5 Å². The highest BCUT2D eigenvalue weighted by atomic mass is 16.1. The van der Waals surface area contributed by atoms with E-state index in [1.54, 1.807) is 6.08 Å². The van der Waals surface area contributed by atoms with Crippen LogP contribution in [0.4, 0.5) is 0 Å². The van der Waals surface area contributed by atoms with Crippen LogP contribution in [-0.2, 0) is 4.79 Å². The predicted octanol–water partition coefficient (Wildman–Crippen LogP) is 2.89. The third-order valence-corrected chi connectivity index (χ3v) is 1.64. The standard InChI is InChI=1S/C11H16O/c1-6-7-11(4,5)10(12)8-9(2)3/h7H,1-2,8H2,3-5H3. The number of hydrogen-bond acceptors (Lipinski definition) is 1. The van der Waals surface area contributed by atoms with E-state index in [0.29, 0.717) is 6.42 Å². The average molecular weight is 164 g/mol. The summed E-state index contributed by atoms with van der Waals surface area (Å²) in [5.41, 5.74) is 3.07. The third kappa shape index (κ3) is 3.36. The first-order valence-corrected chi connectivity index (χ1v) is 3.95. The molecular formula is C11H16O. The summed E-state index contributed by atoms with van der Waals surface area (Å²) < 4.78 is 0. The zero-order chi connectivity index (χ0) is 9.78. The van der Waals surface area contributed by atoms with Gasteiger partial charge in [0, 0.05) is 11.8 Å². The van der Waals surface area contributed by atoms with E-state index in [2.05, 4.69) is 18.9 Å². The van der Waals surface area contributed by atoms with E-state index in [-0.39, 0.29) is 5.78 Å². The van der Waals surface area contributed by atoms with E-state index < -0.39 is 5.41 Å². The molecule has 0 saturated carbocycles. The number of Topliss-reactive ketones (excluding diaryl/α,β-unsaturated/α-hetero) is 1. The number of carbonyl (C=O) groups is 1. The van der Waals surface area contributed by atoms with Crippen molar-refractivity contribution in [2.24, 2.45) is 5.41 Å². The van der Waals surface area contributed by atoms with Gasteiger partial charge in [-0.15, -0.1) is 5.73 Å². The summed E-state index contributed by atoms with van der Waals surface area (Å²) in [5.74, 6) is 0.158. The number of rotatable bonds is 4. The van der Waals surface area contributed by atoms with Crippen molar-refractivity contribution in [3.05, 3.63) is 30.5 Å². The van der Waals surface area contributed by atoms with Crippen LogP contribution in [0.15, 0.2) is 30.5 Å². The number of carbonyl (C=O) groups excluding carboxylic acids is 1. The molecule has 0 spiro atoms. The maximum Gasteiger partial charge on any atom is 0.146 e. The zero-order valence-corrected chi connectivity index (χ0v) is 8.11. The Morgan fingerprint density at radius 2 is 2.08 bits per heavy atom. The second kappa shape index (κ2) is 4.08. The van der Waals surface area contributed by atoms with Gasteiger partial charge in [0.1, 0.15) is 5.78 Å². The van der Waals surface area contributed by atoms with Gasteiger partial charge in [-0.1, -0.05) is 18.7 Å². The minimum Gasteiger partial charge on any atom is -0.298 e. The van der Waals surface area contributed by atoms with Gasteiger partial charge in [0.2, 0.25) is 0 Å². The molecular weight excluding hydrogens is 148 g/mol. The van der Waals surface area contributed by atoms with Gasteiger partial charge in [-0.3, -0.25) is 4.79 Å². The Bertz CT molecular complexity index is 240. The van der Waals surface area contributed by atoms with E-state index in [0.717, 1.165) is 5.57 Å². The van der Waals surface area contributed by atoms with Crippen molar-refractivity contribution >= 4 is 5.78 Å². The topological polar surface area (TPSA) is 17.1 Å². The van der Waals surface area contributed by atoms with Crippen LogP contribution in [0, 0.1) is 5.41 Å². The Kier molecular flexibility index (Phi) is 3.72. The maximum atomic E-state index is 11.5. The Balaban J connectivity index is 4.45. The first-order chi connectivity index (χ1) is 5.40. The van der Waals surface area contributed by atoms with Crippen LogP contribution >= 0.6 is 0 Å². The molecule has 0 fully saturated rings. The molecule has 66 valence electrons. The fourth-order valence-electron chi connectivity index (χ4n) is 0.838. The molecule has 0 atom stereocenters. The lowest BCUT2D eigenvalue weighted by molar-refractivity contribution is -0.124. The summed E-state index contributed by atoms with van der Waals surface area (Å²) in [4.78, 5) is 11.5. The highest BCUT2D eigenvalue weighted by molar-refractivity contribution is 5.87. The summed E-state index contributed by atoms with van der Waals surface area (Å²) >= 11 is 0. The lowest BCUT2D eigenvalue weighted by atomic mass is 9.85. The van der Waals surface area contributed by atoms with Crippen LogP contribution in [0.1, 0.15) is 27.2 Å². The smallest absolute Gasteiger partial charge is 0.146 e. The zero-order valence-electron chi connectivity index (χ0n) is 8.11. The molecule has 0 rings (SSSR count). The Morgan fingerprint density at radius 3 is 2.42 bits per heavy atom. The summed E-state index contributed by atoms with van der Waals surface area (Å²) in [6, 6.07) is 0. The average Bonchev–Trinajstić information content (AvgIpc) is 1.85. The minimum atomic E-state index is -0.458. The lowest BCUT2D eigenvalue weighted by Crippen LogP contribution is -2.21. The monoisotopic (exact) mass is 164 g/mol. The number of allylic oxidation sites excluding steroid dienone is 2. The summed E-state index contributed by atoms with van der Waals surface area (Å²) in [6.07, 6.45) is 2.13. The molecule has 1 nitrogen and oxygen atoms in total. The minimum absolute atomic E-state index is 0.158. The van der Waals surface area contributed by atoms with Crippen molar-refractivity contribution in [3.8, 4) is 0 Å². The van der Waals surface area contributed by atoms with E-state index in [1.165, 1.54) is 0 Å². The van der Waals surface area contributed by atoms with Gasteiger partial charge in [0.05, 0.1) is 0 Å². The van der Waals surface area contributed by atoms with Crippen LogP contribution in [0.2, 0.25) is 0 Å². The summed E-state index contributed by atoms with van der Waals surface area (Å²) in [6.45, 7) is 12.7. The molecule has 0 radical (unpaired) electrons. The largest absolute Gasteiger partial charge is 0.298 e. The van der Waals surface area contributed by atoms with Crippen molar-refractivity contribution in [1.29, 1.82) is 0 Å². The van der Waals surface area contributed by atoms with Gasteiger partial charge >= 0.3 is 0 Å². The molecule has 0 amide bonds. The first-order valence-electron chi connectivity index (χ1n) is 3.95. The normalized spacial score (nSPS) is 10.2. The van der Waals surface area contributed by atoms with Gasteiger partial charge < -0.3 is 0 Å². The SMILES string of the molecule is C=C=CC(C)(C)C(=O)CC(=C)C. The van der Waals surface area contributed by atoms with Crippen LogP contribution in [0.25, 0.3) is 0 Å². The molecule has 0 saturated heterocycles. The first kappa shape index (κ1) is 10.9. The second-order valence-electron chi connectivity index (χ2n) is 3.63. The molecule has 0 N–H and O–H groups in total. The molecule has 0 bridgehead atoms. The molecule has 1 heteroatoms. The van der Waals surface area contributed by atoms with Crippen molar-refractivity contribution in [1.82, 2.24) is 0 Å². The van der Waals surface area contributed by atoms with Gasteiger partial charge in [0.25, 0.3) is 0 Å². The Morgan fingerprint density at radius 1 is 1.58 bits per heavy atom. The van der Waals surface area contributed by atoms with Gasteiger partial charge in [-0.2, -0.15) is 0 Å². The molecule has 0 aliphatic carbocycles. The highest BCUT2D eigenvalue weighted by Crippen LogP contribution is 2.21. The maximum absolute atomic E-state index is 11.5. The molecule has 0 unspecified atom stereocenters. The van der Waals surface area contributed by atoms with Gasteiger partial charge in [-0.05, 0) is 26.8 Å². The summed E-state index contributed by atoms with van der Waals surface area (Å²) in [5, 5.41) is 0. The van der Waals surface area contributed by atoms with Gasteiger partial charge in [0.15, 0.2) is 0 Å². The lowest BCUT2D eigenvalue weighted by Gasteiger charge is -2.17. The van der Waals surface area contributed by atoms with Crippen LogP contribution < -0.4 is 0 Å². The molecule has 0 aliphatic heterocycles. The van der Waals surface area contributed by atoms with Crippen molar-refractivity contribution < 1.29 is 4.79 Å². The Hall–Kier alpha value is -1.07. The van der Waals surface area contributed by atoms with E-state index in [4.69, 9.17) is 0 Å². The molecule has 0 aromatic carbocycles. The third-order valence-electron chi connectivity index (χ3n) is 1.64. The quantitative estimate of drug-likeness (QED) is 0.461. The molecule has 0 aromatic heterocycles. The van der Waals surface area contributed by atoms with E-state index in [9.17, 15) is 4.79 Å². The van der Waals surface area contributed by atoms with E-state index >= 15 is 0 Å². The van der Waals surface area contributed by atoms with Crippen molar-refractivity contribution in [3.63, 3.8) is 0 Å². The predicted molar refractivity (Wildman–Crippen MR) is 51.9 cm³/mol. The fourth-order valence-corrected chi connectivity index (χ4v) is 0.838. The highest BCUT2D eigenvalue weighted by Gasteiger charge is 2.23. The summed E-state index contributed by atoms with van der Waals surface area (Å²) in [7, 11) is 0. The fraction of sp³-hybridized carbons (Fsp3) is 0.455. The van der Waals surface area contributed by atoms with Gasteiger partial charge in [-0.25, -0.2) is 0 Å². The van der Waals surface area contributed by atoms with Crippen molar-refractivity contribution in [2.75, 3.05) is 0 Å². The molecule has 0 aliphatic rings. The van der Waals surface area contributed by atoms with Crippen molar-refractivity contribution in [2.45, 2.75) is 27.2 Å². The second-order valence-corrected chi connectivity index (χ2v) is 3.63. The van der Waals surface area contributed by atoms with Crippen LogP contribution in [0.3, 0.4) is 0 Å². The van der Waals surface area contributed by atoms with E-state index in [1.807, 2.05) is 20.8 Å². The molecule has 0 aromatic rings. The number of hydrogen-bond donors (Lipinski definition) is 0. The van der Waals surface area contributed by atoms with Crippen LogP contribution in [0.5, 0.6) is 0 Å². The molecule has 12 heavy (non-hydrogen) atoms. The molecule has 0 heterocycles. The van der Waals surface area contributed by atoms with Crippen LogP contribution in [-0.4, -0.2) is 5.78 Å². The number of ketones is 1.